The summed E-state index contributed by atoms with van der Waals surface area (Å²) in [5.74, 6) is -0.772. The number of hydrogen-bond acceptors (Lipinski definition) is 3. The maximum Gasteiger partial charge on any atom is 0.337 e. The van der Waals surface area contributed by atoms with Crippen molar-refractivity contribution < 1.29 is 19.4 Å². The highest BCUT2D eigenvalue weighted by Gasteiger charge is 2.17. The molecule has 3 aromatic rings. The van der Waals surface area contributed by atoms with Gasteiger partial charge in [-0.15, -0.1) is 0 Å². The van der Waals surface area contributed by atoms with E-state index in [1.54, 1.807) is 24.3 Å². The van der Waals surface area contributed by atoms with Crippen LogP contribution in [-0.4, -0.2) is 28.2 Å². The fraction of sp³-hybridized carbons (Fsp3) is 0.158. The second-order valence-corrected chi connectivity index (χ2v) is 5.66. The first kappa shape index (κ1) is 15.8. The maximum absolute atomic E-state index is 12.5. The Morgan fingerprint density at radius 3 is 2.54 bits per heavy atom. The smallest absolute Gasteiger partial charge is 0.337 e. The van der Waals surface area contributed by atoms with Gasteiger partial charge in [-0.05, 0) is 43.2 Å². The number of fused-ring (bicyclic) bond motifs is 1. The van der Waals surface area contributed by atoms with E-state index in [0.717, 1.165) is 11.1 Å². The molecular formula is C19H17NO4. The molecule has 122 valence electrons. The topological polar surface area (TPSA) is 68.5 Å². The lowest BCUT2D eigenvalue weighted by molar-refractivity contribution is 0.0699. The highest BCUT2D eigenvalue weighted by Crippen LogP contribution is 2.22. The molecule has 0 bridgehead atoms. The number of carboxylic acids is 1. The summed E-state index contributed by atoms with van der Waals surface area (Å²) in [5, 5.41) is 9.82. The van der Waals surface area contributed by atoms with Crippen molar-refractivity contribution in [3.8, 4) is 5.75 Å². The van der Waals surface area contributed by atoms with Gasteiger partial charge in [0.25, 0.3) is 5.91 Å². The van der Waals surface area contributed by atoms with Crippen LogP contribution in [0, 0.1) is 13.8 Å². The predicted octanol–water partition coefficient (Wildman–Crippen LogP) is 3.68. The standard InChI is InChI=1S/C19H17NO4/c1-12-7-8-14(9-13(12)2)24-11-18(21)20-10-16(19(22)23)15-5-3-4-6-17(15)20/h3-10H,11H2,1-2H3,(H,22,23). The molecule has 1 aromatic heterocycles. The molecule has 0 atom stereocenters. The summed E-state index contributed by atoms with van der Waals surface area (Å²) in [6.07, 6.45) is 1.35. The van der Waals surface area contributed by atoms with Crippen LogP contribution in [0.2, 0.25) is 0 Å². The van der Waals surface area contributed by atoms with Gasteiger partial charge in [-0.25, -0.2) is 4.79 Å². The number of hydrogen-bond donors (Lipinski definition) is 1. The van der Waals surface area contributed by atoms with Crippen LogP contribution < -0.4 is 4.74 Å². The lowest BCUT2D eigenvalue weighted by Crippen LogP contribution is -2.18. The Morgan fingerprint density at radius 2 is 1.83 bits per heavy atom. The second-order valence-electron chi connectivity index (χ2n) is 5.66. The summed E-state index contributed by atoms with van der Waals surface area (Å²) in [6, 6.07) is 12.5. The molecule has 0 fully saturated rings. The fourth-order valence-electron chi connectivity index (χ4n) is 2.57. The monoisotopic (exact) mass is 323 g/mol. The minimum absolute atomic E-state index is 0.102. The van der Waals surface area contributed by atoms with Gasteiger partial charge >= 0.3 is 5.97 Å². The van der Waals surface area contributed by atoms with Crippen LogP contribution in [0.3, 0.4) is 0 Å². The van der Waals surface area contributed by atoms with Crippen molar-refractivity contribution in [1.82, 2.24) is 4.57 Å². The fourth-order valence-corrected chi connectivity index (χ4v) is 2.57. The van der Waals surface area contributed by atoms with Crippen LogP contribution in [0.4, 0.5) is 0 Å². The minimum atomic E-state index is -1.06. The van der Waals surface area contributed by atoms with Crippen molar-refractivity contribution in [3.05, 3.63) is 65.4 Å². The van der Waals surface area contributed by atoms with Crippen LogP contribution in [0.15, 0.2) is 48.7 Å². The first-order valence-electron chi connectivity index (χ1n) is 7.54. The Balaban J connectivity index is 1.86. The van der Waals surface area contributed by atoms with Gasteiger partial charge in [-0.3, -0.25) is 9.36 Å². The lowest BCUT2D eigenvalue weighted by atomic mass is 10.1. The van der Waals surface area contributed by atoms with Crippen molar-refractivity contribution in [3.63, 3.8) is 0 Å². The molecule has 5 nitrogen and oxygen atoms in total. The molecule has 0 aliphatic carbocycles. The predicted molar refractivity (Wildman–Crippen MR) is 90.9 cm³/mol. The molecule has 0 saturated carbocycles. The number of aromatic carboxylic acids is 1. The third-order valence-corrected chi connectivity index (χ3v) is 4.05. The van der Waals surface area contributed by atoms with E-state index in [2.05, 4.69) is 0 Å². The highest BCUT2D eigenvalue weighted by atomic mass is 16.5. The molecule has 0 unspecified atom stereocenters. The van der Waals surface area contributed by atoms with Crippen molar-refractivity contribution in [2.75, 3.05) is 6.61 Å². The van der Waals surface area contributed by atoms with Crippen LogP contribution in [0.5, 0.6) is 5.75 Å². The number of carboxylic acid groups (broad SMARTS) is 1. The van der Waals surface area contributed by atoms with Gasteiger partial charge in [0.1, 0.15) is 5.75 Å². The Labute approximate surface area is 139 Å². The van der Waals surface area contributed by atoms with E-state index in [1.165, 1.54) is 10.8 Å². The van der Waals surface area contributed by atoms with E-state index in [-0.39, 0.29) is 18.1 Å². The Morgan fingerprint density at radius 1 is 1.08 bits per heavy atom. The molecule has 0 saturated heterocycles. The van der Waals surface area contributed by atoms with Crippen LogP contribution in [-0.2, 0) is 0 Å². The number of carbonyl (C=O) groups is 2. The zero-order valence-electron chi connectivity index (χ0n) is 13.4. The number of rotatable bonds is 4. The number of benzene rings is 2. The van der Waals surface area contributed by atoms with Crippen LogP contribution >= 0.6 is 0 Å². The van der Waals surface area contributed by atoms with Crippen molar-refractivity contribution in [1.29, 1.82) is 0 Å². The van der Waals surface area contributed by atoms with Crippen molar-refractivity contribution in [2.24, 2.45) is 0 Å². The maximum atomic E-state index is 12.5. The summed E-state index contributed by atoms with van der Waals surface area (Å²) in [5.41, 5.74) is 2.89. The molecule has 24 heavy (non-hydrogen) atoms. The molecule has 2 aromatic carbocycles. The average molecular weight is 323 g/mol. The lowest BCUT2D eigenvalue weighted by Gasteiger charge is -2.09. The largest absolute Gasteiger partial charge is 0.484 e. The third kappa shape index (κ3) is 2.88. The summed E-state index contributed by atoms with van der Waals surface area (Å²) in [6.45, 7) is 3.81. The third-order valence-electron chi connectivity index (χ3n) is 4.05. The highest BCUT2D eigenvalue weighted by molar-refractivity contribution is 6.06. The van der Waals surface area contributed by atoms with Gasteiger partial charge in [0.2, 0.25) is 0 Å². The first-order chi connectivity index (χ1) is 11.5. The number of ether oxygens (including phenoxy) is 1. The number of carbonyl (C=O) groups excluding carboxylic acids is 1. The molecule has 3 rings (SSSR count). The Bertz CT molecular complexity index is 940. The molecule has 0 radical (unpaired) electrons. The first-order valence-corrected chi connectivity index (χ1v) is 7.54. The van der Waals surface area contributed by atoms with Gasteiger partial charge in [0, 0.05) is 11.6 Å². The Hall–Kier alpha value is -3.08. The zero-order chi connectivity index (χ0) is 17.3. The number of nitrogens with zero attached hydrogens (tertiary/aromatic N) is 1. The van der Waals surface area contributed by atoms with Gasteiger partial charge in [0.05, 0.1) is 11.1 Å². The van der Waals surface area contributed by atoms with E-state index in [9.17, 15) is 14.7 Å². The van der Waals surface area contributed by atoms with E-state index in [0.29, 0.717) is 16.7 Å². The van der Waals surface area contributed by atoms with Gasteiger partial charge in [-0.1, -0.05) is 24.3 Å². The van der Waals surface area contributed by atoms with Crippen molar-refractivity contribution >= 4 is 22.8 Å². The SMILES string of the molecule is Cc1ccc(OCC(=O)n2cc(C(=O)O)c3ccccc32)cc1C. The second kappa shape index (κ2) is 6.20. The molecule has 1 heterocycles. The molecule has 1 N–H and O–H groups in total. The van der Waals surface area contributed by atoms with E-state index in [1.807, 2.05) is 32.0 Å². The van der Waals surface area contributed by atoms with Crippen LogP contribution in [0.25, 0.3) is 10.9 Å². The summed E-state index contributed by atoms with van der Waals surface area (Å²) in [4.78, 5) is 23.8. The van der Waals surface area contributed by atoms with Gasteiger partial charge in [-0.2, -0.15) is 0 Å². The zero-order valence-corrected chi connectivity index (χ0v) is 13.4. The number of aromatic nitrogens is 1. The summed E-state index contributed by atoms with van der Waals surface area (Å²) in [7, 11) is 0. The molecule has 0 aliphatic heterocycles. The molecule has 5 heteroatoms. The molecule has 0 amide bonds. The number of aryl methyl sites for hydroxylation is 2. The number of para-hydroxylation sites is 1. The van der Waals surface area contributed by atoms with Crippen molar-refractivity contribution in [2.45, 2.75) is 13.8 Å². The van der Waals surface area contributed by atoms with Gasteiger partial charge in [0.15, 0.2) is 6.61 Å². The van der Waals surface area contributed by atoms with E-state index >= 15 is 0 Å². The molecular weight excluding hydrogens is 306 g/mol. The van der Waals surface area contributed by atoms with E-state index < -0.39 is 5.97 Å². The van der Waals surface area contributed by atoms with Crippen LogP contribution in [0.1, 0.15) is 26.3 Å². The van der Waals surface area contributed by atoms with Gasteiger partial charge < -0.3 is 9.84 Å². The quantitative estimate of drug-likeness (QED) is 0.795. The average Bonchev–Trinajstić information content (AvgIpc) is 2.96. The Kier molecular flexibility index (Phi) is 4.08. The molecule has 0 aliphatic rings. The minimum Gasteiger partial charge on any atom is -0.484 e. The molecule has 0 spiro atoms. The normalized spacial score (nSPS) is 10.8. The summed E-state index contributed by atoms with van der Waals surface area (Å²) < 4.78 is 6.89. The van der Waals surface area contributed by atoms with E-state index in [4.69, 9.17) is 4.74 Å². The summed E-state index contributed by atoms with van der Waals surface area (Å²) >= 11 is 0.